The highest BCUT2D eigenvalue weighted by atomic mass is 32.2. The number of nitrogens with zero attached hydrogens (tertiary/aromatic N) is 1. The summed E-state index contributed by atoms with van der Waals surface area (Å²) >= 11 is 1.64. The number of Topliss-reactive ketones (excluding diaryl/α,β-unsaturated/α-hetero) is 1. The largest absolute Gasteiger partial charge is 0.504 e. The molecule has 3 rings (SSSR count). The molecule has 1 aliphatic carbocycles. The SMILES string of the molecule is CCCCSC1=C(C#N)C(c2ccc(O)c(OC)c2)C2=C(CCCC2=O)N1. The van der Waals surface area contributed by atoms with Crippen molar-refractivity contribution in [1.82, 2.24) is 5.32 Å². The van der Waals surface area contributed by atoms with Crippen molar-refractivity contribution in [2.75, 3.05) is 12.9 Å². The van der Waals surface area contributed by atoms with Crippen LogP contribution in [0.25, 0.3) is 0 Å². The first kappa shape index (κ1) is 19.4. The Kier molecular flexibility index (Phi) is 6.12. The maximum absolute atomic E-state index is 12.7. The van der Waals surface area contributed by atoms with Gasteiger partial charge in [0.25, 0.3) is 0 Å². The van der Waals surface area contributed by atoms with E-state index in [0.717, 1.165) is 47.7 Å². The Morgan fingerprint density at radius 1 is 1.41 bits per heavy atom. The highest BCUT2D eigenvalue weighted by molar-refractivity contribution is 8.03. The Morgan fingerprint density at radius 2 is 2.22 bits per heavy atom. The van der Waals surface area contributed by atoms with Gasteiger partial charge in [0.1, 0.15) is 0 Å². The minimum Gasteiger partial charge on any atom is -0.504 e. The number of hydrogen-bond acceptors (Lipinski definition) is 6. The molecular weight excluding hydrogens is 360 g/mol. The molecule has 1 aromatic rings. The fourth-order valence-electron chi connectivity index (χ4n) is 3.56. The predicted molar refractivity (Wildman–Crippen MR) is 106 cm³/mol. The number of hydrogen-bond donors (Lipinski definition) is 2. The molecule has 6 heteroatoms. The number of benzene rings is 1. The number of phenolic OH excluding ortho intramolecular Hbond substituents is 1. The van der Waals surface area contributed by atoms with Gasteiger partial charge in [0.05, 0.1) is 29.7 Å². The summed E-state index contributed by atoms with van der Waals surface area (Å²) in [6.45, 7) is 2.14. The van der Waals surface area contributed by atoms with E-state index in [1.165, 1.54) is 7.11 Å². The fourth-order valence-corrected chi connectivity index (χ4v) is 4.71. The number of methoxy groups -OCH3 is 1. The van der Waals surface area contributed by atoms with Crippen LogP contribution in [-0.2, 0) is 4.79 Å². The first-order valence-electron chi connectivity index (χ1n) is 9.27. The van der Waals surface area contributed by atoms with E-state index in [-0.39, 0.29) is 11.5 Å². The second-order valence-corrected chi connectivity index (χ2v) is 7.82. The van der Waals surface area contributed by atoms with Crippen LogP contribution in [0.2, 0.25) is 0 Å². The first-order chi connectivity index (χ1) is 13.1. The van der Waals surface area contributed by atoms with Crippen LogP contribution in [0.3, 0.4) is 0 Å². The maximum atomic E-state index is 12.7. The van der Waals surface area contributed by atoms with Gasteiger partial charge in [0, 0.05) is 17.7 Å². The number of nitriles is 1. The van der Waals surface area contributed by atoms with Crippen molar-refractivity contribution in [3.63, 3.8) is 0 Å². The molecule has 0 aromatic heterocycles. The van der Waals surface area contributed by atoms with Crippen molar-refractivity contribution >= 4 is 17.5 Å². The van der Waals surface area contributed by atoms with Crippen molar-refractivity contribution in [2.24, 2.45) is 0 Å². The Morgan fingerprint density at radius 3 is 2.93 bits per heavy atom. The lowest BCUT2D eigenvalue weighted by Crippen LogP contribution is -2.31. The van der Waals surface area contributed by atoms with Crippen molar-refractivity contribution in [3.05, 3.63) is 45.6 Å². The molecular formula is C21H24N2O3S. The average molecular weight is 385 g/mol. The molecule has 27 heavy (non-hydrogen) atoms. The van der Waals surface area contributed by atoms with Gasteiger partial charge in [-0.25, -0.2) is 0 Å². The molecule has 1 heterocycles. The van der Waals surface area contributed by atoms with E-state index >= 15 is 0 Å². The fraction of sp³-hybridized carbons (Fsp3) is 0.429. The van der Waals surface area contributed by atoms with Crippen LogP contribution in [0, 0.1) is 11.3 Å². The predicted octanol–water partition coefficient (Wildman–Crippen LogP) is 4.36. The second kappa shape index (κ2) is 8.53. The first-order valence-corrected chi connectivity index (χ1v) is 10.3. The smallest absolute Gasteiger partial charge is 0.161 e. The van der Waals surface area contributed by atoms with Crippen LogP contribution in [0.4, 0.5) is 0 Å². The number of ether oxygens (including phenoxy) is 1. The molecule has 1 aromatic carbocycles. The summed E-state index contributed by atoms with van der Waals surface area (Å²) in [5, 5.41) is 24.1. The molecule has 2 aliphatic rings. The van der Waals surface area contributed by atoms with Crippen molar-refractivity contribution < 1.29 is 14.6 Å². The van der Waals surface area contributed by atoms with Gasteiger partial charge >= 0.3 is 0 Å². The summed E-state index contributed by atoms with van der Waals surface area (Å²) in [7, 11) is 1.49. The van der Waals surface area contributed by atoms with Crippen LogP contribution in [-0.4, -0.2) is 23.8 Å². The third-order valence-electron chi connectivity index (χ3n) is 4.94. The minimum absolute atomic E-state index is 0.0411. The molecule has 0 saturated heterocycles. The number of carbonyl (C=O) groups is 1. The molecule has 5 nitrogen and oxygen atoms in total. The molecule has 0 amide bonds. The zero-order valence-electron chi connectivity index (χ0n) is 15.7. The highest BCUT2D eigenvalue weighted by Gasteiger charge is 2.37. The Hall–Kier alpha value is -2.39. The van der Waals surface area contributed by atoms with Crippen molar-refractivity contribution in [1.29, 1.82) is 5.26 Å². The third-order valence-corrected chi connectivity index (χ3v) is 6.05. The summed E-state index contributed by atoms with van der Waals surface area (Å²) in [6, 6.07) is 7.40. The van der Waals surface area contributed by atoms with E-state index in [1.54, 1.807) is 30.0 Å². The van der Waals surface area contributed by atoms with Gasteiger partial charge in [0.15, 0.2) is 17.3 Å². The lowest BCUT2D eigenvalue weighted by Gasteiger charge is -2.33. The van der Waals surface area contributed by atoms with Gasteiger partial charge < -0.3 is 15.2 Å². The summed E-state index contributed by atoms with van der Waals surface area (Å²) in [6.07, 6.45) is 4.29. The van der Waals surface area contributed by atoms with Gasteiger partial charge in [-0.1, -0.05) is 19.4 Å². The standard InChI is InChI=1S/C21H24N2O3S/c1-3-4-10-27-21-14(12-22)19(13-8-9-16(24)18(11-13)26-2)20-15(23-21)6-5-7-17(20)25/h8-9,11,19,23-24H,3-7,10H2,1-2H3. The third kappa shape index (κ3) is 3.84. The minimum atomic E-state index is -0.419. The van der Waals surface area contributed by atoms with E-state index in [1.807, 2.05) is 0 Å². The molecule has 2 N–H and O–H groups in total. The van der Waals surface area contributed by atoms with Crippen molar-refractivity contribution in [3.8, 4) is 17.6 Å². The van der Waals surface area contributed by atoms with E-state index < -0.39 is 5.92 Å². The molecule has 1 unspecified atom stereocenters. The maximum Gasteiger partial charge on any atom is 0.161 e. The summed E-state index contributed by atoms with van der Waals surface area (Å²) < 4.78 is 5.24. The Labute approximate surface area is 164 Å². The van der Waals surface area contributed by atoms with Gasteiger partial charge in [-0.2, -0.15) is 5.26 Å². The molecule has 0 bridgehead atoms. The van der Waals surface area contributed by atoms with Crippen LogP contribution in [0.5, 0.6) is 11.5 Å². The quantitative estimate of drug-likeness (QED) is 0.709. The highest BCUT2D eigenvalue weighted by Crippen LogP contribution is 2.45. The molecule has 142 valence electrons. The molecule has 0 spiro atoms. The van der Waals surface area contributed by atoms with Crippen LogP contribution in [0.15, 0.2) is 40.1 Å². The number of carbonyl (C=O) groups excluding carboxylic acids is 1. The summed E-state index contributed by atoms with van der Waals surface area (Å²) in [4.78, 5) is 12.7. The summed E-state index contributed by atoms with van der Waals surface area (Å²) in [5.74, 6) is 0.976. The van der Waals surface area contributed by atoms with E-state index in [9.17, 15) is 15.2 Å². The van der Waals surface area contributed by atoms with Gasteiger partial charge in [0.2, 0.25) is 0 Å². The summed E-state index contributed by atoms with van der Waals surface area (Å²) in [5.41, 5.74) is 2.98. The van der Waals surface area contributed by atoms with Crippen molar-refractivity contribution in [2.45, 2.75) is 44.9 Å². The van der Waals surface area contributed by atoms with Gasteiger partial charge in [-0.15, -0.1) is 11.8 Å². The normalized spacial score (nSPS) is 19.4. The number of ketones is 1. The van der Waals surface area contributed by atoms with Crippen LogP contribution in [0.1, 0.15) is 50.5 Å². The Bertz CT molecular complexity index is 851. The molecule has 0 radical (unpaired) electrons. The second-order valence-electron chi connectivity index (χ2n) is 6.71. The van der Waals surface area contributed by atoms with Crippen LogP contribution >= 0.6 is 11.8 Å². The molecule has 0 fully saturated rings. The topological polar surface area (TPSA) is 82.3 Å². The molecule has 1 aliphatic heterocycles. The van der Waals surface area contributed by atoms with E-state index in [2.05, 4.69) is 18.3 Å². The number of rotatable bonds is 6. The Balaban J connectivity index is 2.11. The van der Waals surface area contributed by atoms with E-state index in [0.29, 0.717) is 23.3 Å². The average Bonchev–Trinajstić information content (AvgIpc) is 2.68. The number of thioether (sulfide) groups is 1. The van der Waals surface area contributed by atoms with Gasteiger partial charge in [-0.05, 0) is 42.7 Å². The van der Waals surface area contributed by atoms with Gasteiger partial charge in [-0.3, -0.25) is 4.79 Å². The monoisotopic (exact) mass is 384 g/mol. The molecule has 1 atom stereocenters. The zero-order valence-corrected chi connectivity index (χ0v) is 16.5. The number of nitrogens with one attached hydrogen (secondary N) is 1. The number of allylic oxidation sites excluding steroid dienone is 3. The lowest BCUT2D eigenvalue weighted by atomic mass is 9.77. The number of phenols is 1. The van der Waals surface area contributed by atoms with Crippen LogP contribution < -0.4 is 10.1 Å². The number of unbranched alkanes of at least 4 members (excludes halogenated alkanes) is 1. The zero-order chi connectivity index (χ0) is 19.4. The molecule has 0 saturated carbocycles. The lowest BCUT2D eigenvalue weighted by molar-refractivity contribution is -0.116. The number of aromatic hydroxyl groups is 1. The van der Waals surface area contributed by atoms with E-state index in [4.69, 9.17) is 4.74 Å². The number of dihydropyridines is 1.